The molecule has 0 bridgehead atoms. The van der Waals surface area contributed by atoms with Crippen molar-refractivity contribution in [1.82, 2.24) is 9.71 Å². The third kappa shape index (κ3) is 4.05. The van der Waals surface area contributed by atoms with E-state index in [2.05, 4.69) is 4.72 Å². The smallest absolute Gasteiger partial charge is 0.322 e. The maximum absolute atomic E-state index is 12.8. The molecule has 7 nitrogen and oxygen atoms in total. The van der Waals surface area contributed by atoms with Crippen LogP contribution in [0.4, 0.5) is 0 Å². The molecule has 0 spiro atoms. The first-order chi connectivity index (χ1) is 15.7. The molecule has 33 heavy (non-hydrogen) atoms. The zero-order valence-corrected chi connectivity index (χ0v) is 19.9. The third-order valence-corrected chi connectivity index (χ3v) is 8.71. The zero-order valence-electron chi connectivity index (χ0n) is 18.3. The lowest BCUT2D eigenvalue weighted by Crippen LogP contribution is -2.44. The van der Waals surface area contributed by atoms with Gasteiger partial charge in [-0.25, -0.2) is 13.4 Å². The monoisotopic (exact) mass is 484 g/mol. The summed E-state index contributed by atoms with van der Waals surface area (Å²) in [6.45, 7) is 3.31. The molecule has 4 aromatic rings. The number of aryl methyl sites for hydroxylation is 2. The summed E-state index contributed by atoms with van der Waals surface area (Å²) in [5, 5.41) is 12.0. The highest BCUT2D eigenvalue weighted by molar-refractivity contribution is 7.89. The lowest BCUT2D eigenvalue weighted by atomic mass is 10.0. The molecule has 2 N–H and O–H groups in total. The first-order valence-electron chi connectivity index (χ1n) is 10.9. The van der Waals surface area contributed by atoms with Gasteiger partial charge in [0, 0.05) is 27.3 Å². The molecule has 1 aliphatic carbocycles. The van der Waals surface area contributed by atoms with Gasteiger partial charge in [-0.2, -0.15) is 4.72 Å². The molecule has 0 aliphatic heterocycles. The van der Waals surface area contributed by atoms with E-state index in [0.29, 0.717) is 11.2 Å². The molecule has 2 aromatic heterocycles. The van der Waals surface area contributed by atoms with E-state index in [4.69, 9.17) is 9.40 Å². The summed E-state index contributed by atoms with van der Waals surface area (Å²) in [5.74, 6) is -1.61. The number of sulfonamides is 1. The van der Waals surface area contributed by atoms with Crippen molar-refractivity contribution in [2.24, 2.45) is 5.92 Å². The Kier molecular flexibility index (Phi) is 5.50. The second-order valence-corrected chi connectivity index (χ2v) is 11.5. The number of hydrogen-bond donors (Lipinski definition) is 2. The number of nitrogens with one attached hydrogen (secondary N) is 1. The molecule has 2 aromatic carbocycles. The first-order valence-corrected chi connectivity index (χ1v) is 13.2. The second kappa shape index (κ2) is 8.23. The number of hydrogen-bond acceptors (Lipinski definition) is 6. The lowest BCUT2D eigenvalue weighted by Gasteiger charge is -2.17. The molecule has 0 unspecified atom stereocenters. The highest BCUT2D eigenvalue weighted by atomic mass is 32.2. The third-order valence-electron chi connectivity index (χ3n) is 6.06. The average molecular weight is 485 g/mol. The molecule has 172 valence electrons. The van der Waals surface area contributed by atoms with Crippen LogP contribution in [-0.4, -0.2) is 30.5 Å². The van der Waals surface area contributed by atoms with Gasteiger partial charge in [0.25, 0.3) is 0 Å². The Morgan fingerprint density at radius 3 is 2.61 bits per heavy atom. The minimum Gasteiger partial charge on any atom is -0.480 e. The van der Waals surface area contributed by atoms with Crippen molar-refractivity contribution in [3.8, 4) is 10.6 Å². The zero-order chi connectivity index (χ0) is 23.3. The molecular weight excluding hydrogens is 460 g/mol. The molecule has 5 rings (SSSR count). The van der Waals surface area contributed by atoms with Crippen LogP contribution >= 0.6 is 11.3 Å². The number of carbonyl (C=O) groups is 1. The predicted octanol–water partition coefficient (Wildman–Crippen LogP) is 4.98. The highest BCUT2D eigenvalue weighted by Crippen LogP contribution is 2.37. The van der Waals surface area contributed by atoms with E-state index < -0.39 is 28.0 Å². The summed E-state index contributed by atoms with van der Waals surface area (Å²) in [7, 11) is -4.03. The maximum atomic E-state index is 12.8. The molecule has 0 saturated heterocycles. The topological polar surface area (TPSA) is 110 Å². The van der Waals surface area contributed by atoms with Gasteiger partial charge >= 0.3 is 5.97 Å². The van der Waals surface area contributed by atoms with E-state index in [-0.39, 0.29) is 4.90 Å². The number of aliphatic carboxylic acids is 1. The number of aromatic nitrogens is 1. The van der Waals surface area contributed by atoms with Crippen LogP contribution in [0.3, 0.4) is 0 Å². The Bertz CT molecular complexity index is 1460. The fourth-order valence-corrected chi connectivity index (χ4v) is 6.74. The number of carboxylic acids is 1. The van der Waals surface area contributed by atoms with Crippen LogP contribution in [0.5, 0.6) is 0 Å². The second-order valence-electron chi connectivity index (χ2n) is 8.75. The van der Waals surface area contributed by atoms with Crippen LogP contribution < -0.4 is 4.72 Å². The standard InChI is InChI=1S/C24H24N2O5S2/c1-13(2)22(24(27)28)26-33(29,30)15-8-9-16-17-11-14(7-10-19(17)31-20(16)12-15)23-25-18-5-3-4-6-21(18)32-23/h7-13,22,26H,3-6H2,1-2H3,(H,27,28)/t22-/m0/s1. The Morgan fingerprint density at radius 1 is 1.09 bits per heavy atom. The Morgan fingerprint density at radius 2 is 1.88 bits per heavy atom. The quantitative estimate of drug-likeness (QED) is 0.400. The predicted molar refractivity (Wildman–Crippen MR) is 128 cm³/mol. The normalized spacial score (nSPS) is 15.2. The van der Waals surface area contributed by atoms with Crippen LogP contribution in [-0.2, 0) is 27.7 Å². The lowest BCUT2D eigenvalue weighted by molar-refractivity contribution is -0.140. The van der Waals surface area contributed by atoms with Crippen molar-refractivity contribution in [3.63, 3.8) is 0 Å². The SMILES string of the molecule is CC(C)[C@H](NS(=O)(=O)c1ccc2c(c1)oc1ccc(-c3nc4c(s3)CCCC4)cc12)C(=O)O. The summed E-state index contributed by atoms with van der Waals surface area (Å²) in [4.78, 5) is 17.6. The fraction of sp³-hybridized carbons (Fsp3) is 0.333. The van der Waals surface area contributed by atoms with Crippen LogP contribution in [0.2, 0.25) is 0 Å². The first kappa shape index (κ1) is 22.1. The summed E-state index contributed by atoms with van der Waals surface area (Å²) < 4.78 is 33.9. The molecule has 0 saturated carbocycles. The van der Waals surface area contributed by atoms with Gasteiger partial charge in [-0.3, -0.25) is 4.79 Å². The number of carboxylic acid groups (broad SMARTS) is 1. The van der Waals surface area contributed by atoms with Crippen molar-refractivity contribution in [2.45, 2.75) is 50.5 Å². The van der Waals surface area contributed by atoms with Crippen LogP contribution in [0.25, 0.3) is 32.5 Å². The molecule has 2 heterocycles. The molecule has 0 radical (unpaired) electrons. The minimum atomic E-state index is -4.03. The van der Waals surface area contributed by atoms with Crippen LogP contribution in [0, 0.1) is 5.92 Å². The number of furan rings is 1. The van der Waals surface area contributed by atoms with Gasteiger partial charge in [0.05, 0.1) is 10.6 Å². The van der Waals surface area contributed by atoms with Gasteiger partial charge in [0.2, 0.25) is 10.0 Å². The van der Waals surface area contributed by atoms with E-state index in [1.807, 2.05) is 18.2 Å². The van der Waals surface area contributed by atoms with Crippen molar-refractivity contribution >= 4 is 49.3 Å². The van der Waals surface area contributed by atoms with Gasteiger partial charge in [-0.1, -0.05) is 13.8 Å². The number of thiazole rings is 1. The Labute approximate surface area is 195 Å². The molecule has 0 fully saturated rings. The average Bonchev–Trinajstić information content (AvgIpc) is 3.37. The van der Waals surface area contributed by atoms with Gasteiger partial charge in [-0.15, -0.1) is 11.3 Å². The molecule has 1 atom stereocenters. The summed E-state index contributed by atoms with van der Waals surface area (Å²) in [6.07, 6.45) is 4.53. The number of nitrogens with zero attached hydrogens (tertiary/aromatic N) is 1. The van der Waals surface area contributed by atoms with E-state index >= 15 is 0 Å². The van der Waals surface area contributed by atoms with Gasteiger partial charge in [0.1, 0.15) is 22.2 Å². The van der Waals surface area contributed by atoms with E-state index in [0.717, 1.165) is 34.2 Å². The van der Waals surface area contributed by atoms with Crippen molar-refractivity contribution < 1.29 is 22.7 Å². The molecule has 9 heteroatoms. The minimum absolute atomic E-state index is 0.0335. The molecule has 0 amide bonds. The Balaban J connectivity index is 1.52. The number of benzene rings is 2. The summed E-state index contributed by atoms with van der Waals surface area (Å²) in [5.41, 5.74) is 3.31. The van der Waals surface area contributed by atoms with Crippen molar-refractivity contribution in [3.05, 3.63) is 47.0 Å². The summed E-state index contributed by atoms with van der Waals surface area (Å²) >= 11 is 1.74. The van der Waals surface area contributed by atoms with Crippen molar-refractivity contribution in [1.29, 1.82) is 0 Å². The maximum Gasteiger partial charge on any atom is 0.322 e. The van der Waals surface area contributed by atoms with Crippen LogP contribution in [0.15, 0.2) is 45.7 Å². The number of fused-ring (bicyclic) bond motifs is 4. The highest BCUT2D eigenvalue weighted by Gasteiger charge is 2.28. The van der Waals surface area contributed by atoms with Gasteiger partial charge < -0.3 is 9.52 Å². The number of rotatable bonds is 6. The largest absolute Gasteiger partial charge is 0.480 e. The van der Waals surface area contributed by atoms with Gasteiger partial charge in [-0.05, 0) is 61.9 Å². The Hall–Kier alpha value is -2.75. The fourth-order valence-electron chi connectivity index (χ4n) is 4.24. The van der Waals surface area contributed by atoms with E-state index in [1.54, 1.807) is 31.3 Å². The van der Waals surface area contributed by atoms with Crippen LogP contribution in [0.1, 0.15) is 37.3 Å². The molecular formula is C24H24N2O5S2. The molecule has 1 aliphatic rings. The summed E-state index contributed by atoms with van der Waals surface area (Å²) in [6, 6.07) is 9.32. The van der Waals surface area contributed by atoms with Gasteiger partial charge in [0.15, 0.2) is 0 Å². The van der Waals surface area contributed by atoms with E-state index in [9.17, 15) is 18.3 Å². The van der Waals surface area contributed by atoms with E-state index in [1.165, 1.54) is 35.5 Å². The van der Waals surface area contributed by atoms with Crippen molar-refractivity contribution in [2.75, 3.05) is 0 Å².